The first-order valence-electron chi connectivity index (χ1n) is 6.02. The fourth-order valence-electron chi connectivity index (χ4n) is 1.99. The van der Waals surface area contributed by atoms with Gasteiger partial charge in [0.05, 0.1) is 11.7 Å². The van der Waals surface area contributed by atoms with Crippen molar-refractivity contribution < 1.29 is 9.90 Å². The highest BCUT2D eigenvalue weighted by molar-refractivity contribution is 5.99. The van der Waals surface area contributed by atoms with Crippen molar-refractivity contribution in [3.8, 4) is 0 Å². The van der Waals surface area contributed by atoms with E-state index in [-0.39, 0.29) is 18.1 Å². The molecule has 0 saturated heterocycles. The van der Waals surface area contributed by atoms with E-state index >= 15 is 0 Å². The smallest absolute Gasteiger partial charge is 0.253 e. The van der Waals surface area contributed by atoms with Gasteiger partial charge in [-0.2, -0.15) is 0 Å². The summed E-state index contributed by atoms with van der Waals surface area (Å²) in [6.07, 6.45) is 1.08. The van der Waals surface area contributed by atoms with E-state index in [1.54, 1.807) is 0 Å². The van der Waals surface area contributed by atoms with Crippen LogP contribution in [-0.4, -0.2) is 29.7 Å². The fourth-order valence-corrected chi connectivity index (χ4v) is 1.99. The van der Waals surface area contributed by atoms with Crippen LogP contribution in [0, 0.1) is 0 Å². The number of rotatable bonds is 4. The van der Waals surface area contributed by atoms with Gasteiger partial charge in [0, 0.05) is 18.3 Å². The summed E-state index contributed by atoms with van der Waals surface area (Å²) >= 11 is 0. The molecule has 3 N–H and O–H groups in total. The first-order valence-corrected chi connectivity index (χ1v) is 6.02. The highest BCUT2D eigenvalue weighted by Gasteiger charge is 2.28. The lowest BCUT2D eigenvalue weighted by Crippen LogP contribution is -2.46. The van der Waals surface area contributed by atoms with E-state index in [4.69, 9.17) is 0 Å². The Morgan fingerprint density at radius 2 is 2.12 bits per heavy atom. The monoisotopic (exact) mass is 234 g/mol. The standard InChI is InChI=1S/C13H18N2O2/c1-2-14-12-6-4-3-5-11(12)13(17)15-9-7-10(16)8-9/h3-6,9-10,14,16H,2,7-8H2,1H3,(H,15,17). The summed E-state index contributed by atoms with van der Waals surface area (Å²) < 4.78 is 0. The number of aliphatic hydroxyl groups is 1. The molecule has 0 atom stereocenters. The Labute approximate surface area is 101 Å². The SMILES string of the molecule is CCNc1ccccc1C(=O)NC1CC(O)C1. The van der Waals surface area contributed by atoms with Crippen LogP contribution in [0.15, 0.2) is 24.3 Å². The molecule has 0 bridgehead atoms. The summed E-state index contributed by atoms with van der Waals surface area (Å²) in [5, 5.41) is 15.3. The minimum atomic E-state index is -0.246. The average molecular weight is 234 g/mol. The third-order valence-electron chi connectivity index (χ3n) is 2.99. The molecule has 0 radical (unpaired) electrons. The van der Waals surface area contributed by atoms with Gasteiger partial charge in [0.15, 0.2) is 0 Å². The second kappa shape index (κ2) is 5.19. The third kappa shape index (κ3) is 2.77. The molecule has 0 heterocycles. The van der Waals surface area contributed by atoms with Crippen molar-refractivity contribution in [1.29, 1.82) is 0 Å². The van der Waals surface area contributed by atoms with E-state index in [1.165, 1.54) is 0 Å². The van der Waals surface area contributed by atoms with E-state index in [9.17, 15) is 9.90 Å². The average Bonchev–Trinajstić information content (AvgIpc) is 2.28. The number of anilines is 1. The number of amides is 1. The molecule has 0 unspecified atom stereocenters. The molecule has 4 heteroatoms. The first kappa shape index (κ1) is 11.9. The van der Waals surface area contributed by atoms with Crippen molar-refractivity contribution >= 4 is 11.6 Å². The Kier molecular flexibility index (Phi) is 3.64. The predicted octanol–water partition coefficient (Wildman–Crippen LogP) is 1.37. The van der Waals surface area contributed by atoms with E-state index in [1.807, 2.05) is 31.2 Å². The van der Waals surface area contributed by atoms with Gasteiger partial charge in [0.2, 0.25) is 0 Å². The zero-order valence-corrected chi connectivity index (χ0v) is 9.94. The topological polar surface area (TPSA) is 61.4 Å². The van der Waals surface area contributed by atoms with Gasteiger partial charge in [-0.3, -0.25) is 4.79 Å². The maximum absolute atomic E-state index is 12.0. The maximum atomic E-state index is 12.0. The highest BCUT2D eigenvalue weighted by Crippen LogP contribution is 2.21. The summed E-state index contributed by atoms with van der Waals surface area (Å²) in [4.78, 5) is 12.0. The number of carbonyl (C=O) groups is 1. The lowest BCUT2D eigenvalue weighted by Gasteiger charge is -2.32. The quantitative estimate of drug-likeness (QED) is 0.737. The van der Waals surface area contributed by atoms with Crippen LogP contribution in [0.1, 0.15) is 30.1 Å². The number of hydrogen-bond donors (Lipinski definition) is 3. The largest absolute Gasteiger partial charge is 0.393 e. The molecule has 92 valence electrons. The Balaban J connectivity index is 2.02. The number of benzene rings is 1. The van der Waals surface area contributed by atoms with Gasteiger partial charge in [0.1, 0.15) is 0 Å². The summed E-state index contributed by atoms with van der Waals surface area (Å²) in [6, 6.07) is 7.58. The molecule has 4 nitrogen and oxygen atoms in total. The number of aliphatic hydroxyl groups excluding tert-OH is 1. The van der Waals surface area contributed by atoms with Crippen molar-refractivity contribution in [2.24, 2.45) is 0 Å². The summed E-state index contributed by atoms with van der Waals surface area (Å²) in [5.74, 6) is -0.0709. The molecule has 1 aromatic rings. The lowest BCUT2D eigenvalue weighted by atomic mass is 9.89. The predicted molar refractivity (Wildman–Crippen MR) is 67.1 cm³/mol. The molecule has 0 spiro atoms. The zero-order chi connectivity index (χ0) is 12.3. The second-order valence-corrected chi connectivity index (χ2v) is 4.37. The molecule has 1 amide bonds. The van der Waals surface area contributed by atoms with Gasteiger partial charge >= 0.3 is 0 Å². The van der Waals surface area contributed by atoms with Crippen molar-refractivity contribution in [2.75, 3.05) is 11.9 Å². The Morgan fingerprint density at radius 3 is 2.76 bits per heavy atom. The van der Waals surface area contributed by atoms with Crippen LogP contribution in [0.5, 0.6) is 0 Å². The molecule has 1 aromatic carbocycles. The van der Waals surface area contributed by atoms with Gasteiger partial charge < -0.3 is 15.7 Å². The van der Waals surface area contributed by atoms with Gasteiger partial charge in [-0.05, 0) is 31.9 Å². The van der Waals surface area contributed by atoms with E-state index in [0.29, 0.717) is 18.4 Å². The lowest BCUT2D eigenvalue weighted by molar-refractivity contribution is 0.0563. The fraction of sp³-hybridized carbons (Fsp3) is 0.462. The number of nitrogens with one attached hydrogen (secondary N) is 2. The molecule has 1 fully saturated rings. The number of para-hydroxylation sites is 1. The minimum Gasteiger partial charge on any atom is -0.393 e. The minimum absolute atomic E-state index is 0.0709. The van der Waals surface area contributed by atoms with Gasteiger partial charge in [-0.15, -0.1) is 0 Å². The molecule has 0 aromatic heterocycles. The second-order valence-electron chi connectivity index (χ2n) is 4.37. The van der Waals surface area contributed by atoms with Crippen LogP contribution in [0.2, 0.25) is 0 Å². The maximum Gasteiger partial charge on any atom is 0.253 e. The number of hydrogen-bond acceptors (Lipinski definition) is 3. The Hall–Kier alpha value is -1.55. The zero-order valence-electron chi connectivity index (χ0n) is 9.94. The first-order chi connectivity index (χ1) is 8.20. The molecule has 0 aliphatic heterocycles. The molecule has 2 rings (SSSR count). The van der Waals surface area contributed by atoms with Gasteiger partial charge in [-0.1, -0.05) is 12.1 Å². The van der Waals surface area contributed by atoms with Gasteiger partial charge in [0.25, 0.3) is 5.91 Å². The Bertz CT molecular complexity index is 400. The summed E-state index contributed by atoms with van der Waals surface area (Å²) in [7, 11) is 0. The Morgan fingerprint density at radius 1 is 1.41 bits per heavy atom. The van der Waals surface area contributed by atoms with Crippen molar-refractivity contribution in [3.05, 3.63) is 29.8 Å². The van der Waals surface area contributed by atoms with Crippen LogP contribution in [0.25, 0.3) is 0 Å². The van der Waals surface area contributed by atoms with E-state index in [0.717, 1.165) is 12.2 Å². The van der Waals surface area contributed by atoms with Crippen LogP contribution in [-0.2, 0) is 0 Å². The molecule has 1 aliphatic carbocycles. The third-order valence-corrected chi connectivity index (χ3v) is 2.99. The number of carbonyl (C=O) groups excluding carboxylic acids is 1. The molecule has 1 aliphatic rings. The van der Waals surface area contributed by atoms with Crippen LogP contribution >= 0.6 is 0 Å². The highest BCUT2D eigenvalue weighted by atomic mass is 16.3. The van der Waals surface area contributed by atoms with Gasteiger partial charge in [-0.25, -0.2) is 0 Å². The molecule has 1 saturated carbocycles. The van der Waals surface area contributed by atoms with Crippen LogP contribution in [0.4, 0.5) is 5.69 Å². The van der Waals surface area contributed by atoms with Crippen molar-refractivity contribution in [1.82, 2.24) is 5.32 Å². The molecular weight excluding hydrogens is 216 g/mol. The summed E-state index contributed by atoms with van der Waals surface area (Å²) in [5.41, 5.74) is 1.52. The van der Waals surface area contributed by atoms with Crippen LogP contribution < -0.4 is 10.6 Å². The van der Waals surface area contributed by atoms with E-state index in [2.05, 4.69) is 10.6 Å². The van der Waals surface area contributed by atoms with Crippen LogP contribution in [0.3, 0.4) is 0 Å². The molecular formula is C13H18N2O2. The normalized spacial score (nSPS) is 22.7. The molecule has 17 heavy (non-hydrogen) atoms. The van der Waals surface area contributed by atoms with E-state index < -0.39 is 0 Å². The van der Waals surface area contributed by atoms with Crippen molar-refractivity contribution in [2.45, 2.75) is 31.9 Å². The van der Waals surface area contributed by atoms with Crippen molar-refractivity contribution in [3.63, 3.8) is 0 Å². The summed E-state index contributed by atoms with van der Waals surface area (Å²) in [6.45, 7) is 2.78.